The molecule has 0 aromatic heterocycles. The maximum absolute atomic E-state index is 12.3. The number of piperazine rings is 1. The van der Waals surface area contributed by atoms with Crippen LogP contribution in [0.5, 0.6) is 0 Å². The first-order chi connectivity index (χ1) is 10.1. The lowest BCUT2D eigenvalue weighted by molar-refractivity contribution is -0.132. The van der Waals surface area contributed by atoms with Crippen LogP contribution in [0, 0.1) is 5.92 Å². The number of carbonyl (C=O) groups excluding carboxylic acids is 2. The second kappa shape index (κ2) is 7.78. The Morgan fingerprint density at radius 1 is 1.10 bits per heavy atom. The molecule has 1 aliphatic carbocycles. The zero-order valence-electron chi connectivity index (χ0n) is 13.4. The summed E-state index contributed by atoms with van der Waals surface area (Å²) in [6, 6.07) is -0.0947. The third-order valence-corrected chi connectivity index (χ3v) is 4.98. The van der Waals surface area contributed by atoms with Crippen molar-refractivity contribution in [2.45, 2.75) is 52.0 Å². The number of hydrogen-bond donors (Lipinski definition) is 1. The van der Waals surface area contributed by atoms with Gasteiger partial charge in [-0.15, -0.1) is 0 Å². The highest BCUT2D eigenvalue weighted by Gasteiger charge is 2.26. The fourth-order valence-corrected chi connectivity index (χ4v) is 3.37. The van der Waals surface area contributed by atoms with Gasteiger partial charge >= 0.3 is 0 Å². The molecule has 1 unspecified atom stereocenters. The first kappa shape index (κ1) is 16.3. The minimum Gasteiger partial charge on any atom is -0.354 e. The summed E-state index contributed by atoms with van der Waals surface area (Å²) in [6.07, 6.45) is 6.48. The highest BCUT2D eigenvalue weighted by Crippen LogP contribution is 2.22. The van der Waals surface area contributed by atoms with E-state index in [1.54, 1.807) is 6.92 Å². The Bertz CT molecular complexity index is 359. The first-order valence-corrected chi connectivity index (χ1v) is 8.35. The number of carbonyl (C=O) groups is 2. The van der Waals surface area contributed by atoms with Crippen LogP contribution in [0.3, 0.4) is 0 Å². The first-order valence-electron chi connectivity index (χ1n) is 8.35. The van der Waals surface area contributed by atoms with Crippen LogP contribution in [-0.4, -0.2) is 60.4 Å². The number of hydrogen-bond acceptors (Lipinski definition) is 3. The zero-order valence-corrected chi connectivity index (χ0v) is 13.4. The standard InChI is InChI=1S/C16H29N3O2/c1-13(18-8-10-19(11-9-18)14(2)20)16(21)17-12-15-6-4-3-5-7-15/h13,15H,3-12H2,1-2H3,(H,17,21). The summed E-state index contributed by atoms with van der Waals surface area (Å²) < 4.78 is 0. The van der Waals surface area contributed by atoms with Crippen LogP contribution in [0.2, 0.25) is 0 Å². The molecule has 0 radical (unpaired) electrons. The van der Waals surface area contributed by atoms with Gasteiger partial charge in [0.1, 0.15) is 0 Å². The molecule has 1 heterocycles. The van der Waals surface area contributed by atoms with Gasteiger partial charge in [0.2, 0.25) is 11.8 Å². The SMILES string of the molecule is CC(=O)N1CCN(C(C)C(=O)NCC2CCCCC2)CC1. The van der Waals surface area contributed by atoms with Crippen molar-refractivity contribution in [3.05, 3.63) is 0 Å². The number of nitrogens with zero attached hydrogens (tertiary/aromatic N) is 2. The highest BCUT2D eigenvalue weighted by molar-refractivity contribution is 5.81. The van der Waals surface area contributed by atoms with Crippen molar-refractivity contribution in [1.82, 2.24) is 15.1 Å². The summed E-state index contributed by atoms with van der Waals surface area (Å²) in [7, 11) is 0. The Hall–Kier alpha value is -1.10. The van der Waals surface area contributed by atoms with Crippen LogP contribution in [-0.2, 0) is 9.59 Å². The molecule has 1 N–H and O–H groups in total. The van der Waals surface area contributed by atoms with E-state index < -0.39 is 0 Å². The zero-order chi connectivity index (χ0) is 15.2. The molecule has 1 saturated carbocycles. The largest absolute Gasteiger partial charge is 0.354 e. The summed E-state index contributed by atoms with van der Waals surface area (Å²) in [5, 5.41) is 3.12. The van der Waals surface area contributed by atoms with Gasteiger partial charge in [0.25, 0.3) is 0 Å². The van der Waals surface area contributed by atoms with Gasteiger partial charge in [-0.2, -0.15) is 0 Å². The minimum atomic E-state index is -0.0947. The van der Waals surface area contributed by atoms with Crippen molar-refractivity contribution in [2.75, 3.05) is 32.7 Å². The van der Waals surface area contributed by atoms with Crippen molar-refractivity contribution < 1.29 is 9.59 Å². The van der Waals surface area contributed by atoms with Gasteiger partial charge in [-0.3, -0.25) is 14.5 Å². The average molecular weight is 295 g/mol. The van der Waals surface area contributed by atoms with Crippen LogP contribution < -0.4 is 5.32 Å². The molecule has 21 heavy (non-hydrogen) atoms. The average Bonchev–Trinajstić information content (AvgIpc) is 2.53. The van der Waals surface area contributed by atoms with Crippen molar-refractivity contribution in [3.63, 3.8) is 0 Å². The van der Waals surface area contributed by atoms with Crippen LogP contribution in [0.4, 0.5) is 0 Å². The predicted molar refractivity (Wildman–Crippen MR) is 82.9 cm³/mol. The van der Waals surface area contributed by atoms with Gasteiger partial charge in [0.05, 0.1) is 6.04 Å². The Balaban J connectivity index is 1.71. The van der Waals surface area contributed by atoms with E-state index in [0.29, 0.717) is 5.92 Å². The summed E-state index contributed by atoms with van der Waals surface area (Å²) in [5.41, 5.74) is 0. The van der Waals surface area contributed by atoms with E-state index in [9.17, 15) is 9.59 Å². The van der Waals surface area contributed by atoms with Crippen LogP contribution in [0.15, 0.2) is 0 Å². The van der Waals surface area contributed by atoms with E-state index in [0.717, 1.165) is 32.7 Å². The molecule has 0 aromatic carbocycles. The maximum Gasteiger partial charge on any atom is 0.237 e. The van der Waals surface area contributed by atoms with Crippen LogP contribution in [0.1, 0.15) is 46.0 Å². The molecule has 0 aromatic rings. The fourth-order valence-electron chi connectivity index (χ4n) is 3.37. The van der Waals surface area contributed by atoms with E-state index in [-0.39, 0.29) is 17.9 Å². The van der Waals surface area contributed by atoms with Crippen LogP contribution in [0.25, 0.3) is 0 Å². The van der Waals surface area contributed by atoms with Crippen molar-refractivity contribution in [1.29, 1.82) is 0 Å². The van der Waals surface area contributed by atoms with Gasteiger partial charge in [-0.05, 0) is 25.7 Å². The topological polar surface area (TPSA) is 52.7 Å². The maximum atomic E-state index is 12.3. The number of amides is 2. The molecule has 5 heteroatoms. The Kier molecular flexibility index (Phi) is 6.03. The Labute approximate surface area is 128 Å². The van der Waals surface area contributed by atoms with E-state index >= 15 is 0 Å². The van der Waals surface area contributed by atoms with Crippen molar-refractivity contribution >= 4 is 11.8 Å². The minimum absolute atomic E-state index is 0.0947. The van der Waals surface area contributed by atoms with E-state index in [1.807, 2.05) is 11.8 Å². The lowest BCUT2D eigenvalue weighted by Gasteiger charge is -2.37. The molecule has 2 aliphatic rings. The Morgan fingerprint density at radius 2 is 1.71 bits per heavy atom. The second-order valence-electron chi connectivity index (χ2n) is 6.47. The lowest BCUT2D eigenvalue weighted by atomic mass is 9.89. The molecule has 2 rings (SSSR count). The summed E-state index contributed by atoms with van der Waals surface area (Å²) in [4.78, 5) is 27.6. The van der Waals surface area contributed by atoms with Crippen LogP contribution >= 0.6 is 0 Å². The molecule has 1 aliphatic heterocycles. The van der Waals surface area contributed by atoms with E-state index in [4.69, 9.17) is 0 Å². The predicted octanol–water partition coefficient (Wildman–Crippen LogP) is 1.24. The van der Waals surface area contributed by atoms with Gasteiger partial charge in [-0.25, -0.2) is 0 Å². The molecule has 5 nitrogen and oxygen atoms in total. The fraction of sp³-hybridized carbons (Fsp3) is 0.875. The van der Waals surface area contributed by atoms with E-state index in [1.165, 1.54) is 32.1 Å². The molecule has 1 saturated heterocycles. The quantitative estimate of drug-likeness (QED) is 0.849. The van der Waals surface area contributed by atoms with E-state index in [2.05, 4.69) is 10.2 Å². The molecule has 2 amide bonds. The molecular formula is C16H29N3O2. The number of rotatable bonds is 4. The molecule has 120 valence electrons. The van der Waals surface area contributed by atoms with Crippen molar-refractivity contribution in [3.8, 4) is 0 Å². The third kappa shape index (κ3) is 4.70. The molecule has 1 atom stereocenters. The highest BCUT2D eigenvalue weighted by atomic mass is 16.2. The lowest BCUT2D eigenvalue weighted by Crippen LogP contribution is -2.55. The summed E-state index contributed by atoms with van der Waals surface area (Å²) >= 11 is 0. The molecule has 0 bridgehead atoms. The normalized spacial score (nSPS) is 22.9. The summed E-state index contributed by atoms with van der Waals surface area (Å²) in [5.74, 6) is 0.936. The molecular weight excluding hydrogens is 266 g/mol. The van der Waals surface area contributed by atoms with Gasteiger partial charge < -0.3 is 10.2 Å². The smallest absolute Gasteiger partial charge is 0.237 e. The monoisotopic (exact) mass is 295 g/mol. The second-order valence-corrected chi connectivity index (χ2v) is 6.47. The molecule has 0 spiro atoms. The van der Waals surface area contributed by atoms with Crippen molar-refractivity contribution in [2.24, 2.45) is 5.92 Å². The third-order valence-electron chi connectivity index (χ3n) is 4.98. The van der Waals surface area contributed by atoms with Gasteiger partial charge in [0, 0.05) is 39.6 Å². The molecule has 2 fully saturated rings. The number of nitrogens with one attached hydrogen (secondary N) is 1. The summed E-state index contributed by atoms with van der Waals surface area (Å²) in [6.45, 7) is 7.45. The van der Waals surface area contributed by atoms with Gasteiger partial charge in [0.15, 0.2) is 0 Å². The van der Waals surface area contributed by atoms with Gasteiger partial charge in [-0.1, -0.05) is 19.3 Å². The Morgan fingerprint density at radius 3 is 2.29 bits per heavy atom.